The normalized spacial score (nSPS) is 14.1. The topological polar surface area (TPSA) is 49.4 Å². The molecule has 2 heterocycles. The summed E-state index contributed by atoms with van der Waals surface area (Å²) >= 11 is 0. The first-order valence-electron chi connectivity index (χ1n) is 6.45. The van der Waals surface area contributed by atoms with Crippen LogP contribution in [-0.2, 0) is 13.0 Å². The quantitative estimate of drug-likeness (QED) is 0.900. The van der Waals surface area contributed by atoms with Crippen molar-refractivity contribution in [2.75, 3.05) is 19.8 Å². The lowest BCUT2D eigenvalue weighted by Crippen LogP contribution is -2.15. The van der Waals surface area contributed by atoms with E-state index >= 15 is 0 Å². The van der Waals surface area contributed by atoms with Gasteiger partial charge in [-0.3, -0.25) is 0 Å². The molecule has 0 radical (unpaired) electrons. The molecular formula is C14H18N2O2. The van der Waals surface area contributed by atoms with E-state index in [-0.39, 0.29) is 0 Å². The smallest absolute Gasteiger partial charge is 0.163 e. The Morgan fingerprint density at radius 1 is 1.22 bits per heavy atom. The second kappa shape index (κ2) is 4.53. The van der Waals surface area contributed by atoms with Gasteiger partial charge in [0, 0.05) is 30.7 Å². The van der Waals surface area contributed by atoms with Crippen molar-refractivity contribution in [2.45, 2.75) is 19.9 Å². The summed E-state index contributed by atoms with van der Waals surface area (Å²) in [7, 11) is 0. The van der Waals surface area contributed by atoms with Gasteiger partial charge in [-0.05, 0) is 18.1 Å². The molecule has 18 heavy (non-hydrogen) atoms. The third kappa shape index (κ3) is 1.73. The summed E-state index contributed by atoms with van der Waals surface area (Å²) in [6.07, 6.45) is 3.19. The van der Waals surface area contributed by atoms with Gasteiger partial charge in [-0.15, -0.1) is 0 Å². The van der Waals surface area contributed by atoms with Crippen LogP contribution in [0.1, 0.15) is 12.5 Å². The fraction of sp³-hybridized carbons (Fsp3) is 0.429. The number of benzene rings is 1. The third-order valence-corrected chi connectivity index (χ3v) is 3.38. The maximum atomic E-state index is 5.66. The van der Waals surface area contributed by atoms with E-state index in [0.717, 1.165) is 24.5 Å². The minimum atomic E-state index is 0.622. The van der Waals surface area contributed by atoms with Gasteiger partial charge in [0.15, 0.2) is 11.5 Å². The molecule has 0 aliphatic carbocycles. The predicted molar refractivity (Wildman–Crippen MR) is 71.4 cm³/mol. The summed E-state index contributed by atoms with van der Waals surface area (Å²) in [4.78, 5) is 0. The summed E-state index contributed by atoms with van der Waals surface area (Å²) in [5.41, 5.74) is 8.17. The molecule has 2 aromatic rings. The van der Waals surface area contributed by atoms with Gasteiger partial charge in [0.25, 0.3) is 0 Å². The molecular weight excluding hydrogens is 228 g/mol. The number of aromatic nitrogens is 1. The lowest BCUT2D eigenvalue weighted by molar-refractivity contribution is 0.172. The van der Waals surface area contributed by atoms with Gasteiger partial charge in [0.2, 0.25) is 0 Å². The van der Waals surface area contributed by atoms with Crippen molar-refractivity contribution < 1.29 is 9.47 Å². The number of hydrogen-bond acceptors (Lipinski definition) is 3. The Bertz CT molecular complexity index is 575. The molecule has 0 amide bonds. The first kappa shape index (κ1) is 11.4. The SMILES string of the molecule is CCc1cn(CCN)c2cc3c(cc12)OCCO3. The number of hydrogen-bond donors (Lipinski definition) is 1. The Hall–Kier alpha value is -1.68. The molecule has 3 rings (SSSR count). The zero-order valence-electron chi connectivity index (χ0n) is 10.6. The van der Waals surface area contributed by atoms with E-state index in [0.29, 0.717) is 19.8 Å². The van der Waals surface area contributed by atoms with Crippen molar-refractivity contribution in [1.82, 2.24) is 4.57 Å². The van der Waals surface area contributed by atoms with Crippen LogP contribution in [0.15, 0.2) is 18.3 Å². The van der Waals surface area contributed by atoms with Gasteiger partial charge in [-0.1, -0.05) is 6.92 Å². The highest BCUT2D eigenvalue weighted by Gasteiger charge is 2.16. The standard InChI is InChI=1S/C14H18N2O2/c1-2-10-9-16(4-3-15)12-8-14-13(7-11(10)12)17-5-6-18-14/h7-9H,2-6,15H2,1H3. The summed E-state index contributed by atoms with van der Waals surface area (Å²) < 4.78 is 13.5. The number of aryl methyl sites for hydroxylation is 1. The zero-order chi connectivity index (χ0) is 12.5. The second-order valence-corrected chi connectivity index (χ2v) is 4.50. The number of fused-ring (bicyclic) bond motifs is 2. The van der Waals surface area contributed by atoms with Crippen LogP contribution in [0, 0.1) is 0 Å². The first-order valence-corrected chi connectivity index (χ1v) is 6.45. The van der Waals surface area contributed by atoms with Gasteiger partial charge in [0.05, 0.1) is 5.52 Å². The zero-order valence-corrected chi connectivity index (χ0v) is 10.6. The van der Waals surface area contributed by atoms with Crippen molar-refractivity contribution in [3.8, 4) is 11.5 Å². The predicted octanol–water partition coefficient (Wildman–Crippen LogP) is 1.93. The molecule has 0 spiro atoms. The van der Waals surface area contributed by atoms with Crippen LogP contribution in [0.25, 0.3) is 10.9 Å². The van der Waals surface area contributed by atoms with E-state index in [1.54, 1.807) is 0 Å². The maximum Gasteiger partial charge on any atom is 0.163 e. The Morgan fingerprint density at radius 3 is 2.61 bits per heavy atom. The molecule has 1 aromatic heterocycles. The van der Waals surface area contributed by atoms with Crippen LogP contribution in [-0.4, -0.2) is 24.3 Å². The van der Waals surface area contributed by atoms with Gasteiger partial charge >= 0.3 is 0 Å². The van der Waals surface area contributed by atoms with Crippen molar-refractivity contribution in [3.63, 3.8) is 0 Å². The number of nitrogens with two attached hydrogens (primary N) is 1. The Kier molecular flexibility index (Phi) is 2.88. The molecule has 4 heteroatoms. The van der Waals surface area contributed by atoms with Crippen molar-refractivity contribution in [1.29, 1.82) is 0 Å². The molecule has 0 unspecified atom stereocenters. The van der Waals surface area contributed by atoms with Crippen LogP contribution >= 0.6 is 0 Å². The minimum Gasteiger partial charge on any atom is -0.486 e. The third-order valence-electron chi connectivity index (χ3n) is 3.38. The number of rotatable bonds is 3. The molecule has 0 saturated heterocycles. The molecule has 96 valence electrons. The average molecular weight is 246 g/mol. The van der Waals surface area contributed by atoms with Crippen LogP contribution in [0.3, 0.4) is 0 Å². The highest BCUT2D eigenvalue weighted by atomic mass is 16.6. The highest BCUT2D eigenvalue weighted by Crippen LogP contribution is 2.36. The highest BCUT2D eigenvalue weighted by molar-refractivity contribution is 5.87. The maximum absolute atomic E-state index is 5.66. The molecule has 0 saturated carbocycles. The summed E-state index contributed by atoms with van der Waals surface area (Å²) in [6.45, 7) is 4.89. The summed E-state index contributed by atoms with van der Waals surface area (Å²) in [5, 5.41) is 1.25. The molecule has 4 nitrogen and oxygen atoms in total. The molecule has 1 aliphatic heterocycles. The van der Waals surface area contributed by atoms with E-state index in [1.807, 2.05) is 0 Å². The first-order chi connectivity index (χ1) is 8.83. The number of ether oxygens (including phenoxy) is 2. The molecule has 1 aliphatic rings. The van der Waals surface area contributed by atoms with Crippen molar-refractivity contribution in [2.24, 2.45) is 5.73 Å². The molecule has 2 N–H and O–H groups in total. The van der Waals surface area contributed by atoms with Gasteiger partial charge in [-0.2, -0.15) is 0 Å². The van der Waals surface area contributed by atoms with Crippen LogP contribution in [0.4, 0.5) is 0 Å². The molecule has 0 atom stereocenters. The fourth-order valence-corrected chi connectivity index (χ4v) is 2.51. The van der Waals surface area contributed by atoms with Crippen LogP contribution in [0.5, 0.6) is 11.5 Å². The van der Waals surface area contributed by atoms with E-state index in [2.05, 4.69) is 29.8 Å². The Balaban J connectivity index is 2.20. The van der Waals surface area contributed by atoms with E-state index in [1.165, 1.54) is 16.5 Å². The Morgan fingerprint density at radius 2 is 1.94 bits per heavy atom. The largest absolute Gasteiger partial charge is 0.486 e. The monoisotopic (exact) mass is 246 g/mol. The second-order valence-electron chi connectivity index (χ2n) is 4.50. The lowest BCUT2D eigenvalue weighted by Gasteiger charge is -2.18. The summed E-state index contributed by atoms with van der Waals surface area (Å²) in [5.74, 6) is 1.70. The Labute approximate surface area is 106 Å². The van der Waals surface area contributed by atoms with Gasteiger partial charge < -0.3 is 19.8 Å². The number of nitrogens with zero attached hydrogens (tertiary/aromatic N) is 1. The van der Waals surface area contributed by atoms with E-state index < -0.39 is 0 Å². The van der Waals surface area contributed by atoms with Crippen LogP contribution in [0.2, 0.25) is 0 Å². The minimum absolute atomic E-state index is 0.622. The average Bonchev–Trinajstić information content (AvgIpc) is 2.74. The van der Waals surface area contributed by atoms with Gasteiger partial charge in [-0.25, -0.2) is 0 Å². The fourth-order valence-electron chi connectivity index (χ4n) is 2.51. The molecule has 0 fully saturated rings. The lowest BCUT2D eigenvalue weighted by atomic mass is 10.1. The van der Waals surface area contributed by atoms with Gasteiger partial charge in [0.1, 0.15) is 13.2 Å². The summed E-state index contributed by atoms with van der Waals surface area (Å²) in [6, 6.07) is 4.16. The van der Waals surface area contributed by atoms with E-state index in [4.69, 9.17) is 15.2 Å². The molecule has 0 bridgehead atoms. The van der Waals surface area contributed by atoms with Crippen molar-refractivity contribution >= 4 is 10.9 Å². The van der Waals surface area contributed by atoms with E-state index in [9.17, 15) is 0 Å². The molecule has 1 aromatic carbocycles. The van der Waals surface area contributed by atoms with Crippen LogP contribution < -0.4 is 15.2 Å². The van der Waals surface area contributed by atoms with Crippen molar-refractivity contribution in [3.05, 3.63) is 23.9 Å².